The lowest BCUT2D eigenvalue weighted by Crippen LogP contribution is -2.13. The van der Waals surface area contributed by atoms with Gasteiger partial charge in [-0.15, -0.1) is 0 Å². The molecule has 19 heavy (non-hydrogen) atoms. The third kappa shape index (κ3) is 2.58. The molecule has 1 aliphatic heterocycles. The van der Waals surface area contributed by atoms with Crippen molar-refractivity contribution in [3.63, 3.8) is 0 Å². The van der Waals surface area contributed by atoms with Gasteiger partial charge in [0.25, 0.3) is 0 Å². The van der Waals surface area contributed by atoms with Gasteiger partial charge in [-0.05, 0) is 42.4 Å². The largest absolute Gasteiger partial charge is 0.478 e. The van der Waals surface area contributed by atoms with Gasteiger partial charge >= 0.3 is 5.97 Å². The molecule has 0 bridgehead atoms. The summed E-state index contributed by atoms with van der Waals surface area (Å²) < 4.78 is 1.57. The molecular weight excluding hydrogens is 262 g/mol. The first-order valence-corrected chi connectivity index (χ1v) is 7.55. The van der Waals surface area contributed by atoms with Crippen LogP contribution in [-0.2, 0) is 6.42 Å². The van der Waals surface area contributed by atoms with E-state index in [4.69, 9.17) is 5.11 Å². The highest BCUT2D eigenvalue weighted by molar-refractivity contribution is 7.99. The molecule has 1 aliphatic rings. The van der Waals surface area contributed by atoms with Gasteiger partial charge in [0.15, 0.2) is 11.5 Å². The molecule has 3 heterocycles. The molecule has 0 spiro atoms. The SMILES string of the molecule is O=C(O)c1cccn2nc(CC3CCSCC3)nc12. The molecule has 0 unspecified atom stereocenters. The van der Waals surface area contributed by atoms with E-state index in [9.17, 15) is 4.79 Å². The zero-order chi connectivity index (χ0) is 13.2. The average Bonchev–Trinajstić information content (AvgIpc) is 2.81. The summed E-state index contributed by atoms with van der Waals surface area (Å²) in [7, 11) is 0. The van der Waals surface area contributed by atoms with Gasteiger partial charge in [0.1, 0.15) is 5.56 Å². The molecular formula is C13H15N3O2S. The fourth-order valence-corrected chi connectivity index (χ4v) is 3.62. The quantitative estimate of drug-likeness (QED) is 0.930. The van der Waals surface area contributed by atoms with Crippen LogP contribution in [0.1, 0.15) is 29.0 Å². The Bertz CT molecular complexity index is 605. The van der Waals surface area contributed by atoms with Crippen molar-refractivity contribution in [2.75, 3.05) is 11.5 Å². The number of carboxylic acids is 1. The van der Waals surface area contributed by atoms with Crippen molar-refractivity contribution in [3.05, 3.63) is 29.7 Å². The molecule has 2 aromatic rings. The summed E-state index contributed by atoms with van der Waals surface area (Å²) in [5.41, 5.74) is 0.649. The maximum absolute atomic E-state index is 11.1. The van der Waals surface area contributed by atoms with Crippen LogP contribution in [0, 0.1) is 5.92 Å². The second kappa shape index (κ2) is 5.21. The van der Waals surface area contributed by atoms with Gasteiger partial charge in [-0.25, -0.2) is 14.3 Å². The minimum atomic E-state index is -0.960. The van der Waals surface area contributed by atoms with E-state index in [2.05, 4.69) is 10.1 Å². The minimum Gasteiger partial charge on any atom is -0.478 e. The summed E-state index contributed by atoms with van der Waals surface area (Å²) in [6.07, 6.45) is 4.99. The fraction of sp³-hybridized carbons (Fsp3) is 0.462. The number of rotatable bonds is 3. The predicted molar refractivity (Wildman–Crippen MR) is 73.7 cm³/mol. The number of carboxylic acid groups (broad SMARTS) is 1. The Morgan fingerprint density at radius 3 is 3.00 bits per heavy atom. The van der Waals surface area contributed by atoms with E-state index in [1.54, 1.807) is 22.8 Å². The number of carbonyl (C=O) groups is 1. The molecule has 1 fully saturated rings. The highest BCUT2D eigenvalue weighted by Crippen LogP contribution is 2.25. The van der Waals surface area contributed by atoms with Gasteiger partial charge < -0.3 is 5.11 Å². The Labute approximate surface area is 115 Å². The lowest BCUT2D eigenvalue weighted by molar-refractivity contribution is 0.0698. The van der Waals surface area contributed by atoms with Crippen molar-refractivity contribution in [2.24, 2.45) is 5.92 Å². The van der Waals surface area contributed by atoms with Crippen LogP contribution in [0.25, 0.3) is 5.65 Å². The molecule has 0 aliphatic carbocycles. The molecule has 5 nitrogen and oxygen atoms in total. The van der Waals surface area contributed by atoms with E-state index in [0.717, 1.165) is 12.2 Å². The van der Waals surface area contributed by atoms with Crippen molar-refractivity contribution >= 4 is 23.4 Å². The van der Waals surface area contributed by atoms with Crippen molar-refractivity contribution in [2.45, 2.75) is 19.3 Å². The van der Waals surface area contributed by atoms with Gasteiger partial charge in [0, 0.05) is 12.6 Å². The number of aromatic nitrogens is 3. The maximum Gasteiger partial charge on any atom is 0.339 e. The van der Waals surface area contributed by atoms with Gasteiger partial charge in [0.05, 0.1) is 0 Å². The lowest BCUT2D eigenvalue weighted by atomic mass is 9.99. The molecule has 2 aromatic heterocycles. The van der Waals surface area contributed by atoms with E-state index in [0.29, 0.717) is 11.6 Å². The highest BCUT2D eigenvalue weighted by Gasteiger charge is 2.18. The summed E-state index contributed by atoms with van der Waals surface area (Å²) in [5.74, 6) is 2.84. The second-order valence-electron chi connectivity index (χ2n) is 4.78. The Morgan fingerprint density at radius 2 is 2.26 bits per heavy atom. The zero-order valence-corrected chi connectivity index (χ0v) is 11.3. The molecule has 1 N–H and O–H groups in total. The van der Waals surface area contributed by atoms with Gasteiger partial charge in [0.2, 0.25) is 0 Å². The third-order valence-corrected chi connectivity index (χ3v) is 4.50. The summed E-state index contributed by atoms with van der Waals surface area (Å²) >= 11 is 2.00. The molecule has 0 saturated carbocycles. The lowest BCUT2D eigenvalue weighted by Gasteiger charge is -2.19. The molecule has 0 amide bonds. The van der Waals surface area contributed by atoms with Crippen molar-refractivity contribution < 1.29 is 9.90 Å². The monoisotopic (exact) mass is 277 g/mol. The Hall–Kier alpha value is -1.56. The topological polar surface area (TPSA) is 67.5 Å². The molecule has 0 aromatic carbocycles. The number of hydrogen-bond donors (Lipinski definition) is 1. The Kier molecular flexibility index (Phi) is 3.42. The molecule has 1 saturated heterocycles. The van der Waals surface area contributed by atoms with Crippen LogP contribution in [0.4, 0.5) is 0 Å². The Balaban J connectivity index is 1.88. The van der Waals surface area contributed by atoms with E-state index in [-0.39, 0.29) is 5.56 Å². The van der Waals surface area contributed by atoms with Crippen LogP contribution < -0.4 is 0 Å². The highest BCUT2D eigenvalue weighted by atomic mass is 32.2. The van der Waals surface area contributed by atoms with Crippen LogP contribution in [-0.4, -0.2) is 37.2 Å². The average molecular weight is 277 g/mol. The number of hydrogen-bond acceptors (Lipinski definition) is 4. The summed E-state index contributed by atoms with van der Waals surface area (Å²) in [5, 5.41) is 13.5. The normalized spacial score (nSPS) is 16.8. The van der Waals surface area contributed by atoms with Crippen molar-refractivity contribution in [3.8, 4) is 0 Å². The first-order chi connectivity index (χ1) is 9.24. The summed E-state index contributed by atoms with van der Waals surface area (Å²) in [6.45, 7) is 0. The first kappa shape index (κ1) is 12.5. The number of pyridine rings is 1. The zero-order valence-electron chi connectivity index (χ0n) is 10.5. The second-order valence-corrected chi connectivity index (χ2v) is 6.01. The molecule has 0 atom stereocenters. The van der Waals surface area contributed by atoms with Crippen LogP contribution in [0.3, 0.4) is 0 Å². The minimum absolute atomic E-state index is 0.209. The van der Waals surface area contributed by atoms with Crippen molar-refractivity contribution in [1.29, 1.82) is 0 Å². The maximum atomic E-state index is 11.1. The van der Waals surface area contributed by atoms with Crippen molar-refractivity contribution in [1.82, 2.24) is 14.6 Å². The van der Waals surface area contributed by atoms with E-state index in [1.165, 1.54) is 24.3 Å². The fourth-order valence-electron chi connectivity index (χ4n) is 2.41. The smallest absolute Gasteiger partial charge is 0.339 e. The molecule has 0 radical (unpaired) electrons. The number of aromatic carboxylic acids is 1. The van der Waals surface area contributed by atoms with Gasteiger partial charge in [-0.2, -0.15) is 16.9 Å². The standard InChI is InChI=1S/C13H15N3O2S/c17-13(18)10-2-1-5-16-12(10)14-11(15-16)8-9-3-6-19-7-4-9/h1-2,5,9H,3-4,6-8H2,(H,17,18). The Morgan fingerprint density at radius 1 is 1.47 bits per heavy atom. The van der Waals surface area contributed by atoms with Crippen LogP contribution >= 0.6 is 11.8 Å². The van der Waals surface area contributed by atoms with Gasteiger partial charge in [-0.1, -0.05) is 0 Å². The molecule has 100 valence electrons. The number of thioether (sulfide) groups is 1. The summed E-state index contributed by atoms with van der Waals surface area (Å²) in [6, 6.07) is 3.25. The van der Waals surface area contributed by atoms with E-state index in [1.807, 2.05) is 11.8 Å². The third-order valence-electron chi connectivity index (χ3n) is 3.45. The first-order valence-electron chi connectivity index (χ1n) is 6.39. The van der Waals surface area contributed by atoms with E-state index >= 15 is 0 Å². The predicted octanol–water partition coefficient (Wildman–Crippen LogP) is 2.11. The van der Waals surface area contributed by atoms with Crippen LogP contribution in [0.2, 0.25) is 0 Å². The summed E-state index contributed by atoms with van der Waals surface area (Å²) in [4.78, 5) is 15.5. The number of nitrogens with zero attached hydrogens (tertiary/aromatic N) is 3. The number of fused-ring (bicyclic) bond motifs is 1. The van der Waals surface area contributed by atoms with Gasteiger partial charge in [-0.3, -0.25) is 0 Å². The van der Waals surface area contributed by atoms with Crippen LogP contribution in [0.15, 0.2) is 18.3 Å². The van der Waals surface area contributed by atoms with Crippen LogP contribution in [0.5, 0.6) is 0 Å². The molecule has 3 rings (SSSR count). The van der Waals surface area contributed by atoms with E-state index < -0.39 is 5.97 Å². The molecule has 6 heteroatoms.